The summed E-state index contributed by atoms with van der Waals surface area (Å²) >= 11 is 0. The molecule has 116 valence electrons. The summed E-state index contributed by atoms with van der Waals surface area (Å²) in [6, 6.07) is 3.34. The van der Waals surface area contributed by atoms with Gasteiger partial charge in [0.15, 0.2) is 5.76 Å². The molecule has 1 saturated heterocycles. The van der Waals surface area contributed by atoms with Crippen molar-refractivity contribution in [2.75, 3.05) is 26.2 Å². The van der Waals surface area contributed by atoms with Gasteiger partial charge in [0.25, 0.3) is 11.8 Å². The van der Waals surface area contributed by atoms with E-state index >= 15 is 0 Å². The Bertz CT molecular complexity index is 682. The molecule has 0 N–H and O–H groups in total. The van der Waals surface area contributed by atoms with E-state index in [2.05, 4.69) is 5.10 Å². The number of hydrogen-bond donors (Lipinski definition) is 0. The lowest BCUT2D eigenvalue weighted by Crippen LogP contribution is -2.50. The fraction of sp³-hybridized carbons (Fsp3) is 0.400. The van der Waals surface area contributed by atoms with Gasteiger partial charge in [-0.3, -0.25) is 14.3 Å². The predicted octanol–water partition coefficient (Wildman–Crippen LogP) is 0.920. The van der Waals surface area contributed by atoms with Gasteiger partial charge in [-0.1, -0.05) is 0 Å². The third-order valence-corrected chi connectivity index (χ3v) is 3.83. The van der Waals surface area contributed by atoms with E-state index in [0.717, 1.165) is 5.69 Å². The number of carbonyl (C=O) groups is 2. The summed E-state index contributed by atoms with van der Waals surface area (Å²) in [4.78, 5) is 28.1. The molecule has 1 aliphatic rings. The van der Waals surface area contributed by atoms with Crippen LogP contribution in [0.15, 0.2) is 29.0 Å². The maximum atomic E-state index is 12.5. The van der Waals surface area contributed by atoms with Crippen LogP contribution in [0, 0.1) is 6.92 Å². The zero-order valence-electron chi connectivity index (χ0n) is 12.7. The molecule has 22 heavy (non-hydrogen) atoms. The second kappa shape index (κ2) is 5.67. The third-order valence-electron chi connectivity index (χ3n) is 3.83. The van der Waals surface area contributed by atoms with E-state index in [0.29, 0.717) is 37.5 Å². The Morgan fingerprint density at radius 2 is 1.77 bits per heavy atom. The number of hydrogen-bond acceptors (Lipinski definition) is 4. The summed E-state index contributed by atoms with van der Waals surface area (Å²) in [6.45, 7) is 3.86. The van der Waals surface area contributed by atoms with Crippen LogP contribution in [-0.2, 0) is 7.05 Å². The Hall–Kier alpha value is -2.57. The first kappa shape index (κ1) is 14.4. The molecule has 0 bridgehead atoms. The zero-order chi connectivity index (χ0) is 15.7. The van der Waals surface area contributed by atoms with E-state index in [1.807, 2.05) is 6.92 Å². The molecule has 0 atom stereocenters. The van der Waals surface area contributed by atoms with Gasteiger partial charge < -0.3 is 14.2 Å². The van der Waals surface area contributed by atoms with Gasteiger partial charge in [0.2, 0.25) is 0 Å². The van der Waals surface area contributed by atoms with E-state index in [1.54, 1.807) is 39.9 Å². The molecule has 0 unspecified atom stereocenters. The monoisotopic (exact) mass is 302 g/mol. The van der Waals surface area contributed by atoms with Gasteiger partial charge in [-0.05, 0) is 19.1 Å². The van der Waals surface area contributed by atoms with E-state index < -0.39 is 0 Å². The maximum Gasteiger partial charge on any atom is 0.289 e. The second-order valence-corrected chi connectivity index (χ2v) is 5.36. The number of aryl methyl sites for hydroxylation is 2. The number of furan rings is 1. The topological polar surface area (TPSA) is 71.6 Å². The highest BCUT2D eigenvalue weighted by Crippen LogP contribution is 2.13. The minimum absolute atomic E-state index is 0.0318. The van der Waals surface area contributed by atoms with Crippen LogP contribution in [0.2, 0.25) is 0 Å². The Labute approximate surface area is 128 Å². The zero-order valence-corrected chi connectivity index (χ0v) is 12.7. The van der Waals surface area contributed by atoms with Gasteiger partial charge in [-0.15, -0.1) is 0 Å². The average molecular weight is 302 g/mol. The molecule has 2 aromatic heterocycles. The predicted molar refractivity (Wildman–Crippen MR) is 78.5 cm³/mol. The molecule has 0 saturated carbocycles. The lowest BCUT2D eigenvalue weighted by atomic mass is 10.2. The van der Waals surface area contributed by atoms with E-state index in [1.165, 1.54) is 6.26 Å². The standard InChI is InChI=1S/C15H18N4O3/c1-11-12(10-17(2)16-11)14(20)18-5-7-19(8-6-18)15(21)13-4-3-9-22-13/h3-4,9-10H,5-8H2,1-2H3. The van der Waals surface area contributed by atoms with Crippen LogP contribution in [0.3, 0.4) is 0 Å². The normalized spacial score (nSPS) is 15.2. The third kappa shape index (κ3) is 2.61. The van der Waals surface area contributed by atoms with Crippen LogP contribution >= 0.6 is 0 Å². The summed E-state index contributed by atoms with van der Waals surface area (Å²) in [7, 11) is 1.80. The lowest BCUT2D eigenvalue weighted by Gasteiger charge is -2.34. The van der Waals surface area contributed by atoms with Crippen molar-refractivity contribution < 1.29 is 14.0 Å². The first-order valence-corrected chi connectivity index (χ1v) is 7.18. The Balaban J connectivity index is 1.63. The highest BCUT2D eigenvalue weighted by atomic mass is 16.3. The van der Waals surface area contributed by atoms with Gasteiger partial charge in [0.05, 0.1) is 17.5 Å². The average Bonchev–Trinajstić information content (AvgIpc) is 3.15. The van der Waals surface area contributed by atoms with Gasteiger partial charge in [-0.2, -0.15) is 5.10 Å². The SMILES string of the molecule is Cc1nn(C)cc1C(=O)N1CCN(C(=O)c2ccco2)CC1. The van der Waals surface area contributed by atoms with Crippen molar-refractivity contribution in [3.8, 4) is 0 Å². The molecular weight excluding hydrogens is 284 g/mol. The van der Waals surface area contributed by atoms with Crippen LogP contribution in [0.25, 0.3) is 0 Å². The van der Waals surface area contributed by atoms with Gasteiger partial charge >= 0.3 is 0 Å². The van der Waals surface area contributed by atoms with Crippen LogP contribution in [0.4, 0.5) is 0 Å². The van der Waals surface area contributed by atoms with Crippen molar-refractivity contribution in [2.45, 2.75) is 6.92 Å². The van der Waals surface area contributed by atoms with Crippen LogP contribution in [-0.4, -0.2) is 57.6 Å². The van der Waals surface area contributed by atoms with Gasteiger partial charge in [-0.25, -0.2) is 0 Å². The first-order valence-electron chi connectivity index (χ1n) is 7.18. The number of carbonyl (C=O) groups excluding carboxylic acids is 2. The van der Waals surface area contributed by atoms with Crippen LogP contribution < -0.4 is 0 Å². The minimum Gasteiger partial charge on any atom is -0.459 e. The van der Waals surface area contributed by atoms with E-state index in [9.17, 15) is 9.59 Å². The van der Waals surface area contributed by atoms with Crippen molar-refractivity contribution in [3.63, 3.8) is 0 Å². The number of nitrogens with zero attached hydrogens (tertiary/aromatic N) is 4. The maximum absolute atomic E-state index is 12.5. The number of rotatable bonds is 2. The molecule has 2 aromatic rings. The Kier molecular flexibility index (Phi) is 3.70. The molecule has 7 nitrogen and oxygen atoms in total. The molecular formula is C15H18N4O3. The molecule has 0 aliphatic carbocycles. The fourth-order valence-corrected chi connectivity index (χ4v) is 2.65. The summed E-state index contributed by atoms with van der Waals surface area (Å²) < 4.78 is 6.77. The highest BCUT2D eigenvalue weighted by Gasteiger charge is 2.27. The van der Waals surface area contributed by atoms with E-state index in [4.69, 9.17) is 4.42 Å². The van der Waals surface area contributed by atoms with Crippen molar-refractivity contribution in [1.29, 1.82) is 0 Å². The van der Waals surface area contributed by atoms with Gasteiger partial charge in [0, 0.05) is 39.4 Å². The second-order valence-electron chi connectivity index (χ2n) is 5.36. The van der Waals surface area contributed by atoms with Crippen molar-refractivity contribution >= 4 is 11.8 Å². The molecule has 7 heteroatoms. The molecule has 3 rings (SSSR count). The smallest absolute Gasteiger partial charge is 0.289 e. The first-order chi connectivity index (χ1) is 10.6. The molecule has 0 radical (unpaired) electrons. The van der Waals surface area contributed by atoms with Gasteiger partial charge in [0.1, 0.15) is 0 Å². The van der Waals surface area contributed by atoms with Crippen molar-refractivity contribution in [3.05, 3.63) is 41.6 Å². The number of amides is 2. The van der Waals surface area contributed by atoms with Crippen LogP contribution in [0.1, 0.15) is 26.6 Å². The summed E-state index contributed by atoms with van der Waals surface area (Å²) in [5.41, 5.74) is 1.34. The molecule has 1 aliphatic heterocycles. The molecule has 0 aromatic carbocycles. The molecule has 3 heterocycles. The Morgan fingerprint density at radius 3 is 2.27 bits per heavy atom. The molecule has 2 amide bonds. The van der Waals surface area contributed by atoms with Crippen LogP contribution in [0.5, 0.6) is 0 Å². The summed E-state index contributed by atoms with van der Waals surface area (Å²) in [5.74, 6) is 0.174. The Morgan fingerprint density at radius 1 is 1.14 bits per heavy atom. The summed E-state index contributed by atoms with van der Waals surface area (Å²) in [6.07, 6.45) is 3.22. The highest BCUT2D eigenvalue weighted by molar-refractivity contribution is 5.95. The van der Waals surface area contributed by atoms with Crippen molar-refractivity contribution in [2.24, 2.45) is 7.05 Å². The van der Waals surface area contributed by atoms with E-state index in [-0.39, 0.29) is 11.8 Å². The lowest BCUT2D eigenvalue weighted by molar-refractivity contribution is 0.0517. The number of piperazine rings is 1. The molecule has 1 fully saturated rings. The minimum atomic E-state index is -0.130. The summed E-state index contributed by atoms with van der Waals surface area (Å²) in [5, 5.41) is 4.20. The quantitative estimate of drug-likeness (QED) is 0.827. The number of aromatic nitrogens is 2. The largest absolute Gasteiger partial charge is 0.459 e. The molecule has 0 spiro atoms. The van der Waals surface area contributed by atoms with Crippen molar-refractivity contribution in [1.82, 2.24) is 19.6 Å². The fourth-order valence-electron chi connectivity index (χ4n) is 2.65.